The normalized spacial score (nSPS) is 9.64. The summed E-state index contributed by atoms with van der Waals surface area (Å²) in [5.41, 5.74) is 0. The molecule has 3 nitrogen and oxygen atoms in total. The Bertz CT molecular complexity index is 109. The van der Waals surface area contributed by atoms with Crippen molar-refractivity contribution in [3.05, 3.63) is 0 Å². The molecule has 0 spiro atoms. The number of unbranched alkanes of at least 4 members (excludes halogenated alkanes) is 2. The molecule has 0 aromatic heterocycles. The lowest BCUT2D eigenvalue weighted by Gasteiger charge is -1.98. The molecule has 0 rings (SSSR count). The molecule has 11 heavy (non-hydrogen) atoms. The Morgan fingerprint density at radius 1 is 1.45 bits per heavy atom. The lowest BCUT2D eigenvalue weighted by atomic mass is 10.2. The number of carbonyl (C=O) groups is 1. The summed E-state index contributed by atoms with van der Waals surface area (Å²) >= 11 is 3.40. The van der Waals surface area contributed by atoms with Crippen molar-refractivity contribution in [3.63, 3.8) is 0 Å². The summed E-state index contributed by atoms with van der Waals surface area (Å²) < 4.78 is 4.20. The lowest BCUT2D eigenvalue weighted by Crippen LogP contribution is -2.07. The average Bonchev–Trinajstić information content (AvgIpc) is 2.04. The Morgan fingerprint density at radius 2 is 2.18 bits per heavy atom. The van der Waals surface area contributed by atoms with E-state index in [0.717, 1.165) is 25.8 Å². The molecule has 0 aromatic carbocycles. The minimum Gasteiger partial charge on any atom is -0.395 e. The average molecular weight is 177 g/mol. The van der Waals surface area contributed by atoms with Crippen LogP contribution in [0.1, 0.15) is 25.7 Å². The van der Waals surface area contributed by atoms with Gasteiger partial charge in [0.15, 0.2) is 0 Å². The third-order valence-corrected chi connectivity index (χ3v) is 1.61. The summed E-state index contributed by atoms with van der Waals surface area (Å²) in [6.45, 7) is 1.01. The number of hydrogen-bond acceptors (Lipinski definition) is 4. The summed E-state index contributed by atoms with van der Waals surface area (Å²) in [4.78, 5) is 10.5. The fourth-order valence-electron chi connectivity index (χ4n) is 0.794. The van der Waals surface area contributed by atoms with Crippen molar-refractivity contribution in [2.75, 3.05) is 13.6 Å². The van der Waals surface area contributed by atoms with Crippen molar-refractivity contribution in [3.8, 4) is 0 Å². The molecule has 1 N–H and O–H groups in total. The van der Waals surface area contributed by atoms with Crippen LogP contribution in [0.3, 0.4) is 0 Å². The standard InChI is InChI=1S/C7H15NO2S/c1-8-6-4-2-3-5-7(9)10-11/h8,11H,2-6H2,1H3. The number of nitrogens with one attached hydrogen (secondary N) is 1. The zero-order chi connectivity index (χ0) is 8.53. The van der Waals surface area contributed by atoms with Gasteiger partial charge in [-0.15, -0.1) is 0 Å². The molecular weight excluding hydrogens is 162 g/mol. The number of hydrogen-bond donors (Lipinski definition) is 2. The van der Waals surface area contributed by atoms with Crippen LogP contribution in [0.4, 0.5) is 0 Å². The summed E-state index contributed by atoms with van der Waals surface area (Å²) in [5.74, 6) is -0.238. The Morgan fingerprint density at radius 3 is 2.73 bits per heavy atom. The molecular formula is C7H15NO2S. The second kappa shape index (κ2) is 7.88. The quantitative estimate of drug-likeness (QED) is 0.363. The molecule has 0 bridgehead atoms. The largest absolute Gasteiger partial charge is 0.395 e. The van der Waals surface area contributed by atoms with Gasteiger partial charge in [0.05, 0.1) is 0 Å². The van der Waals surface area contributed by atoms with E-state index in [1.165, 1.54) is 0 Å². The van der Waals surface area contributed by atoms with Gasteiger partial charge in [-0.05, 0) is 26.4 Å². The van der Waals surface area contributed by atoms with Gasteiger partial charge in [-0.1, -0.05) is 6.42 Å². The second-order valence-electron chi connectivity index (χ2n) is 2.38. The first kappa shape index (κ1) is 10.8. The molecule has 66 valence electrons. The van der Waals surface area contributed by atoms with Gasteiger partial charge in [0.2, 0.25) is 0 Å². The monoisotopic (exact) mass is 177 g/mol. The second-order valence-corrected chi connectivity index (χ2v) is 2.56. The van der Waals surface area contributed by atoms with E-state index in [-0.39, 0.29) is 5.97 Å². The van der Waals surface area contributed by atoms with E-state index in [0.29, 0.717) is 6.42 Å². The zero-order valence-corrected chi connectivity index (χ0v) is 7.69. The van der Waals surface area contributed by atoms with E-state index in [4.69, 9.17) is 0 Å². The molecule has 0 aliphatic carbocycles. The van der Waals surface area contributed by atoms with Crippen molar-refractivity contribution >= 4 is 18.9 Å². The van der Waals surface area contributed by atoms with Gasteiger partial charge >= 0.3 is 5.97 Å². The van der Waals surface area contributed by atoms with Crippen molar-refractivity contribution in [2.45, 2.75) is 25.7 Å². The third kappa shape index (κ3) is 7.68. The molecule has 0 atom stereocenters. The number of rotatable bonds is 6. The van der Waals surface area contributed by atoms with Gasteiger partial charge < -0.3 is 9.50 Å². The third-order valence-electron chi connectivity index (χ3n) is 1.41. The molecule has 0 fully saturated rings. The molecule has 0 aliphatic rings. The molecule has 0 aliphatic heterocycles. The highest BCUT2D eigenvalue weighted by Gasteiger charge is 1.98. The molecule has 0 radical (unpaired) electrons. The van der Waals surface area contributed by atoms with E-state index in [1.54, 1.807) is 0 Å². The van der Waals surface area contributed by atoms with Crippen LogP contribution in [-0.2, 0) is 8.98 Å². The Balaban J connectivity index is 2.95. The van der Waals surface area contributed by atoms with Crippen LogP contribution >= 0.6 is 12.9 Å². The molecule has 0 amide bonds. The molecule has 0 saturated heterocycles. The predicted octanol–water partition coefficient (Wildman–Crippen LogP) is 1.15. The minimum atomic E-state index is -0.238. The predicted molar refractivity (Wildman–Crippen MR) is 47.5 cm³/mol. The minimum absolute atomic E-state index is 0.238. The van der Waals surface area contributed by atoms with E-state index >= 15 is 0 Å². The smallest absolute Gasteiger partial charge is 0.317 e. The van der Waals surface area contributed by atoms with Crippen LogP contribution in [0.25, 0.3) is 0 Å². The van der Waals surface area contributed by atoms with Crippen LogP contribution in [0.2, 0.25) is 0 Å². The maximum atomic E-state index is 10.5. The van der Waals surface area contributed by atoms with Crippen LogP contribution in [0.15, 0.2) is 0 Å². The first-order chi connectivity index (χ1) is 5.31. The fraction of sp³-hybridized carbons (Fsp3) is 0.857. The van der Waals surface area contributed by atoms with E-state index in [9.17, 15) is 4.79 Å². The van der Waals surface area contributed by atoms with Crippen LogP contribution in [0.5, 0.6) is 0 Å². The molecule has 0 saturated carbocycles. The zero-order valence-electron chi connectivity index (χ0n) is 6.80. The number of thiol groups is 1. The molecule has 0 heterocycles. The Hall–Kier alpha value is -0.220. The molecule has 0 aromatic rings. The van der Waals surface area contributed by atoms with Gasteiger partial charge in [0.1, 0.15) is 0 Å². The van der Waals surface area contributed by atoms with Crippen molar-refractivity contribution in [2.24, 2.45) is 0 Å². The first-order valence-electron chi connectivity index (χ1n) is 3.80. The van der Waals surface area contributed by atoms with Gasteiger partial charge in [0, 0.05) is 19.3 Å². The Labute approximate surface area is 73.1 Å². The topological polar surface area (TPSA) is 38.3 Å². The lowest BCUT2D eigenvalue weighted by molar-refractivity contribution is -0.132. The first-order valence-corrected chi connectivity index (χ1v) is 4.16. The maximum absolute atomic E-state index is 10.5. The van der Waals surface area contributed by atoms with Crippen molar-refractivity contribution in [1.82, 2.24) is 5.32 Å². The van der Waals surface area contributed by atoms with Crippen LogP contribution in [-0.4, -0.2) is 19.6 Å². The fourth-order valence-corrected chi connectivity index (χ4v) is 0.885. The maximum Gasteiger partial charge on any atom is 0.317 e. The summed E-state index contributed by atoms with van der Waals surface area (Å²) in [5, 5.41) is 3.04. The van der Waals surface area contributed by atoms with Crippen molar-refractivity contribution < 1.29 is 8.98 Å². The molecule has 4 heteroatoms. The number of carbonyl (C=O) groups excluding carboxylic acids is 1. The van der Waals surface area contributed by atoms with E-state index < -0.39 is 0 Å². The van der Waals surface area contributed by atoms with Gasteiger partial charge in [0.25, 0.3) is 0 Å². The summed E-state index contributed by atoms with van der Waals surface area (Å²) in [6, 6.07) is 0. The SMILES string of the molecule is CNCCCCCC(=O)OS. The summed E-state index contributed by atoms with van der Waals surface area (Å²) in [6.07, 6.45) is 3.54. The van der Waals surface area contributed by atoms with Gasteiger partial charge in [-0.3, -0.25) is 4.79 Å². The Kier molecular flexibility index (Phi) is 7.72. The highest BCUT2D eigenvalue weighted by atomic mass is 32.1. The summed E-state index contributed by atoms with van der Waals surface area (Å²) in [7, 11) is 1.92. The highest BCUT2D eigenvalue weighted by Crippen LogP contribution is 2.00. The van der Waals surface area contributed by atoms with E-state index in [2.05, 4.69) is 22.4 Å². The van der Waals surface area contributed by atoms with Crippen molar-refractivity contribution in [1.29, 1.82) is 0 Å². The molecule has 0 unspecified atom stereocenters. The van der Waals surface area contributed by atoms with E-state index in [1.807, 2.05) is 7.05 Å². The van der Waals surface area contributed by atoms with Crippen LogP contribution < -0.4 is 5.32 Å². The van der Waals surface area contributed by atoms with Gasteiger partial charge in [-0.2, -0.15) is 0 Å². The highest BCUT2D eigenvalue weighted by molar-refractivity contribution is 7.75. The van der Waals surface area contributed by atoms with Crippen LogP contribution in [0, 0.1) is 0 Å². The van der Waals surface area contributed by atoms with Gasteiger partial charge in [-0.25, -0.2) is 0 Å².